The maximum absolute atomic E-state index is 11.3. The Morgan fingerprint density at radius 2 is 2.00 bits per heavy atom. The molecule has 3 aromatic heterocycles. The lowest BCUT2D eigenvalue weighted by atomic mass is 10.1. The number of rotatable bonds is 6. The molecule has 0 unspecified atom stereocenters. The Balaban J connectivity index is 1.52. The van der Waals surface area contributed by atoms with Crippen molar-refractivity contribution in [1.29, 1.82) is 0 Å². The van der Waals surface area contributed by atoms with Crippen molar-refractivity contribution in [2.75, 3.05) is 31.6 Å². The molecule has 1 fully saturated rings. The van der Waals surface area contributed by atoms with E-state index in [0.29, 0.717) is 18.9 Å². The molecule has 1 saturated heterocycles. The lowest BCUT2D eigenvalue weighted by molar-refractivity contribution is 0.0331. The molecule has 0 aliphatic carbocycles. The normalized spacial score (nSPS) is 14.9. The third-order valence-corrected chi connectivity index (χ3v) is 5.88. The second kappa shape index (κ2) is 8.34. The minimum atomic E-state index is -0.326. The maximum atomic E-state index is 11.3. The fourth-order valence-corrected chi connectivity index (χ4v) is 4.50. The zero-order chi connectivity index (χ0) is 20.3. The fourth-order valence-electron chi connectivity index (χ4n) is 3.53. The number of ether oxygens (including phenoxy) is 1. The van der Waals surface area contributed by atoms with Gasteiger partial charge >= 0.3 is 5.69 Å². The molecule has 0 amide bonds. The van der Waals surface area contributed by atoms with Crippen LogP contribution < -0.4 is 11.0 Å². The minimum absolute atomic E-state index is 0.326. The third kappa shape index (κ3) is 3.97. The summed E-state index contributed by atoms with van der Waals surface area (Å²) in [6.45, 7) is 4.24. The average Bonchev–Trinajstić information content (AvgIpc) is 3.39. The van der Waals surface area contributed by atoms with E-state index < -0.39 is 0 Å². The standard InChI is InChI=1S/C20H21N7O2S/c28-20-24-15(25-26-20)10-21-18-17-14(13-4-2-1-3-5-13)12-30-19(17)23-16(22-18)11-27-6-8-29-9-7-27/h1-5,12H,6-11H2,(H,21,22,23)(H2,24,25,26,28). The van der Waals surface area contributed by atoms with Crippen molar-refractivity contribution in [1.82, 2.24) is 30.0 Å². The highest BCUT2D eigenvalue weighted by Crippen LogP contribution is 2.37. The first-order valence-electron chi connectivity index (χ1n) is 9.77. The highest BCUT2D eigenvalue weighted by atomic mass is 32.1. The van der Waals surface area contributed by atoms with Crippen LogP contribution >= 0.6 is 11.3 Å². The van der Waals surface area contributed by atoms with Crippen molar-refractivity contribution in [2.24, 2.45) is 0 Å². The molecule has 1 aromatic carbocycles. The van der Waals surface area contributed by atoms with Gasteiger partial charge in [0.05, 0.1) is 31.7 Å². The molecule has 1 aliphatic rings. The molecule has 1 aliphatic heterocycles. The van der Waals surface area contributed by atoms with Crippen molar-refractivity contribution in [3.8, 4) is 11.1 Å². The second-order valence-corrected chi connectivity index (χ2v) is 7.91. The van der Waals surface area contributed by atoms with Crippen LogP contribution in [0.5, 0.6) is 0 Å². The third-order valence-electron chi connectivity index (χ3n) is 5.01. The van der Waals surface area contributed by atoms with Crippen molar-refractivity contribution >= 4 is 27.4 Å². The van der Waals surface area contributed by atoms with Gasteiger partial charge in [-0.2, -0.15) is 5.10 Å². The number of hydrogen-bond donors (Lipinski definition) is 3. The zero-order valence-corrected chi connectivity index (χ0v) is 17.0. The summed E-state index contributed by atoms with van der Waals surface area (Å²) >= 11 is 1.61. The Morgan fingerprint density at radius 3 is 2.77 bits per heavy atom. The molecule has 0 spiro atoms. The Labute approximate surface area is 176 Å². The quantitative estimate of drug-likeness (QED) is 0.436. The van der Waals surface area contributed by atoms with Crippen molar-refractivity contribution in [3.63, 3.8) is 0 Å². The smallest absolute Gasteiger partial charge is 0.340 e. The van der Waals surface area contributed by atoms with Gasteiger partial charge in [-0.3, -0.25) is 9.88 Å². The summed E-state index contributed by atoms with van der Waals surface area (Å²) in [5, 5.41) is 12.8. The van der Waals surface area contributed by atoms with E-state index in [0.717, 1.165) is 59.3 Å². The summed E-state index contributed by atoms with van der Waals surface area (Å²) in [5.41, 5.74) is 1.88. The van der Waals surface area contributed by atoms with Crippen LogP contribution in [0.2, 0.25) is 0 Å². The molecule has 3 N–H and O–H groups in total. The van der Waals surface area contributed by atoms with Gasteiger partial charge in [0.1, 0.15) is 22.3 Å². The molecular formula is C20H21N7O2S. The number of benzene rings is 1. The first-order chi connectivity index (χ1) is 14.8. The van der Waals surface area contributed by atoms with Crippen molar-refractivity contribution in [2.45, 2.75) is 13.1 Å². The van der Waals surface area contributed by atoms with Gasteiger partial charge < -0.3 is 10.1 Å². The molecule has 9 nitrogen and oxygen atoms in total. The number of hydrogen-bond acceptors (Lipinski definition) is 8. The Morgan fingerprint density at radius 1 is 1.17 bits per heavy atom. The first kappa shape index (κ1) is 18.9. The summed E-state index contributed by atoms with van der Waals surface area (Å²) in [6, 6.07) is 10.2. The van der Waals surface area contributed by atoms with E-state index in [9.17, 15) is 4.79 Å². The van der Waals surface area contributed by atoms with Gasteiger partial charge in [0.2, 0.25) is 0 Å². The van der Waals surface area contributed by atoms with E-state index in [2.05, 4.69) is 42.9 Å². The van der Waals surface area contributed by atoms with Gasteiger partial charge in [0, 0.05) is 24.0 Å². The summed E-state index contributed by atoms with van der Waals surface area (Å²) < 4.78 is 5.44. The summed E-state index contributed by atoms with van der Waals surface area (Å²) in [5.74, 6) is 2.04. The van der Waals surface area contributed by atoms with Crippen LogP contribution in [0.3, 0.4) is 0 Å². The number of anilines is 1. The van der Waals surface area contributed by atoms with Gasteiger partial charge in [-0.25, -0.2) is 19.9 Å². The number of H-pyrrole nitrogens is 2. The molecule has 0 bridgehead atoms. The molecular weight excluding hydrogens is 402 g/mol. The largest absolute Gasteiger partial charge is 0.379 e. The molecule has 4 heterocycles. The highest BCUT2D eigenvalue weighted by Gasteiger charge is 2.18. The number of morpholine rings is 1. The van der Waals surface area contributed by atoms with Crippen LogP contribution in [-0.4, -0.2) is 56.4 Å². The molecule has 0 atom stereocenters. The number of nitrogens with zero attached hydrogens (tertiary/aromatic N) is 4. The highest BCUT2D eigenvalue weighted by molar-refractivity contribution is 7.17. The molecule has 0 saturated carbocycles. The van der Waals surface area contributed by atoms with Gasteiger partial charge in [-0.15, -0.1) is 11.3 Å². The monoisotopic (exact) mass is 423 g/mol. The van der Waals surface area contributed by atoms with Crippen LogP contribution in [0.25, 0.3) is 21.3 Å². The number of fused-ring (bicyclic) bond motifs is 1. The molecule has 30 heavy (non-hydrogen) atoms. The van der Waals surface area contributed by atoms with Crippen molar-refractivity contribution < 1.29 is 4.74 Å². The number of thiophene rings is 1. The summed E-state index contributed by atoms with van der Waals surface area (Å²) in [4.78, 5) is 26.9. The summed E-state index contributed by atoms with van der Waals surface area (Å²) in [6.07, 6.45) is 0. The van der Waals surface area contributed by atoms with E-state index in [1.807, 2.05) is 18.2 Å². The Bertz CT molecular complexity index is 1190. The predicted octanol–water partition coefficient (Wildman–Crippen LogP) is 2.21. The van der Waals surface area contributed by atoms with Crippen LogP contribution in [0.15, 0.2) is 40.5 Å². The lowest BCUT2D eigenvalue weighted by Gasteiger charge is -2.25. The number of nitrogens with one attached hydrogen (secondary N) is 3. The second-order valence-electron chi connectivity index (χ2n) is 7.05. The first-order valence-corrected chi connectivity index (χ1v) is 10.7. The van der Waals surface area contributed by atoms with Crippen LogP contribution in [0.1, 0.15) is 11.6 Å². The fraction of sp³-hybridized carbons (Fsp3) is 0.300. The Hall–Kier alpha value is -3.08. The van der Waals surface area contributed by atoms with Gasteiger partial charge in [0.25, 0.3) is 0 Å². The van der Waals surface area contributed by atoms with E-state index in [-0.39, 0.29) is 5.69 Å². The molecule has 5 rings (SSSR count). The van der Waals surface area contributed by atoms with E-state index in [1.54, 1.807) is 11.3 Å². The van der Waals surface area contributed by atoms with E-state index in [4.69, 9.17) is 14.7 Å². The number of aromatic amines is 2. The molecule has 4 aromatic rings. The molecule has 0 radical (unpaired) electrons. The van der Waals surface area contributed by atoms with E-state index >= 15 is 0 Å². The van der Waals surface area contributed by atoms with Crippen LogP contribution in [0.4, 0.5) is 5.82 Å². The van der Waals surface area contributed by atoms with E-state index in [1.165, 1.54) is 0 Å². The number of aromatic nitrogens is 5. The minimum Gasteiger partial charge on any atom is -0.379 e. The van der Waals surface area contributed by atoms with Crippen LogP contribution in [-0.2, 0) is 17.8 Å². The lowest BCUT2D eigenvalue weighted by Crippen LogP contribution is -2.36. The SMILES string of the molecule is O=c1[nH]nc(CNc2nc(CN3CCOCC3)nc3scc(-c4ccccc4)c23)[nH]1. The molecule has 10 heteroatoms. The predicted molar refractivity (Wildman–Crippen MR) is 115 cm³/mol. The zero-order valence-electron chi connectivity index (χ0n) is 16.2. The van der Waals surface area contributed by atoms with Crippen molar-refractivity contribution in [3.05, 3.63) is 57.8 Å². The van der Waals surface area contributed by atoms with Gasteiger partial charge in [-0.05, 0) is 5.56 Å². The van der Waals surface area contributed by atoms with Gasteiger partial charge in [-0.1, -0.05) is 30.3 Å². The maximum Gasteiger partial charge on any atom is 0.340 e. The Kier molecular flexibility index (Phi) is 5.26. The summed E-state index contributed by atoms with van der Waals surface area (Å²) in [7, 11) is 0. The molecule has 154 valence electrons. The average molecular weight is 424 g/mol. The van der Waals surface area contributed by atoms with Crippen LogP contribution in [0, 0.1) is 0 Å². The topological polar surface area (TPSA) is 112 Å². The van der Waals surface area contributed by atoms with Gasteiger partial charge in [0.15, 0.2) is 0 Å².